The lowest BCUT2D eigenvalue weighted by Crippen LogP contribution is -2.43. The molecule has 0 bridgehead atoms. The molecule has 1 fully saturated rings. The van der Waals surface area contributed by atoms with Gasteiger partial charge in [-0.25, -0.2) is 9.18 Å². The highest BCUT2D eigenvalue weighted by Crippen LogP contribution is 2.35. The van der Waals surface area contributed by atoms with Crippen molar-refractivity contribution in [1.82, 2.24) is 15.2 Å². The molecule has 168 valence electrons. The fraction of sp³-hybridized carbons (Fsp3) is 0.318. The van der Waals surface area contributed by atoms with Gasteiger partial charge in [0, 0.05) is 35.6 Å². The number of halogens is 1. The first kappa shape index (κ1) is 21.6. The number of carbonyl (C=O) groups excluding carboxylic acids is 3. The van der Waals surface area contributed by atoms with Gasteiger partial charge >= 0.3 is 6.09 Å². The first-order chi connectivity index (χ1) is 15.3. The van der Waals surface area contributed by atoms with Crippen LogP contribution < -0.4 is 15.4 Å². The van der Waals surface area contributed by atoms with E-state index in [1.54, 1.807) is 19.9 Å². The predicted octanol–water partition coefficient (Wildman–Crippen LogP) is 1.94. The second kappa shape index (κ2) is 8.46. The Balaban J connectivity index is 1.51. The minimum Gasteiger partial charge on any atom is -0.408 e. The number of aromatic nitrogens is 1. The summed E-state index contributed by atoms with van der Waals surface area (Å²) in [5.41, 5.74) is 2.95. The van der Waals surface area contributed by atoms with Crippen molar-refractivity contribution in [2.45, 2.75) is 26.3 Å². The lowest BCUT2D eigenvalue weighted by atomic mass is 10.0. The van der Waals surface area contributed by atoms with Gasteiger partial charge in [0.05, 0.1) is 17.9 Å². The van der Waals surface area contributed by atoms with Crippen LogP contribution in [0.2, 0.25) is 0 Å². The molecule has 1 aromatic heterocycles. The van der Waals surface area contributed by atoms with Crippen LogP contribution in [-0.2, 0) is 9.59 Å². The Kier molecular flexibility index (Phi) is 5.70. The zero-order valence-electron chi connectivity index (χ0n) is 17.6. The largest absolute Gasteiger partial charge is 0.413 e. The van der Waals surface area contributed by atoms with Crippen LogP contribution >= 0.6 is 0 Å². The van der Waals surface area contributed by atoms with Crippen LogP contribution in [0.4, 0.5) is 14.9 Å². The Morgan fingerprint density at radius 1 is 1.38 bits per heavy atom. The van der Waals surface area contributed by atoms with Crippen LogP contribution in [0.25, 0.3) is 11.6 Å². The number of likely N-dealkylation sites (tertiary alicyclic amines) is 1. The number of aromatic amines is 1. The van der Waals surface area contributed by atoms with E-state index in [-0.39, 0.29) is 30.7 Å². The number of amides is 3. The molecule has 0 radical (unpaired) electrons. The lowest BCUT2D eigenvalue weighted by Gasteiger charge is -2.15. The van der Waals surface area contributed by atoms with Gasteiger partial charge in [0.1, 0.15) is 11.9 Å². The molecule has 0 saturated carbocycles. The molecule has 9 nitrogen and oxygen atoms in total. The predicted molar refractivity (Wildman–Crippen MR) is 114 cm³/mol. The fourth-order valence-electron chi connectivity index (χ4n) is 3.98. The number of aliphatic hydroxyl groups is 1. The molecule has 1 atom stereocenters. The molecule has 0 aliphatic carbocycles. The van der Waals surface area contributed by atoms with Crippen molar-refractivity contribution in [1.29, 1.82) is 0 Å². The van der Waals surface area contributed by atoms with Crippen molar-refractivity contribution in [3.8, 4) is 5.75 Å². The average Bonchev–Trinajstić information content (AvgIpc) is 3.33. The number of β-amino-alcohol motifs (C(OH)–C–C–N with tert-alkyl or cyclic N) is 1. The zero-order valence-corrected chi connectivity index (χ0v) is 17.6. The van der Waals surface area contributed by atoms with Crippen LogP contribution in [0.3, 0.4) is 0 Å². The highest BCUT2D eigenvalue weighted by molar-refractivity contribution is 6.34. The molecule has 0 unspecified atom stereocenters. The van der Waals surface area contributed by atoms with Gasteiger partial charge in [0.25, 0.3) is 5.91 Å². The molecule has 4 N–H and O–H groups in total. The summed E-state index contributed by atoms with van der Waals surface area (Å²) in [7, 11) is 0. The molecular formula is C22H23FN4O5. The van der Waals surface area contributed by atoms with Gasteiger partial charge in [-0.15, -0.1) is 0 Å². The number of aryl methyl sites for hydroxylation is 1. The molecule has 0 spiro atoms. The van der Waals surface area contributed by atoms with E-state index < -0.39 is 18.0 Å². The summed E-state index contributed by atoms with van der Waals surface area (Å²) in [6.45, 7) is 3.97. The lowest BCUT2D eigenvalue weighted by molar-refractivity contribution is -0.129. The highest BCUT2D eigenvalue weighted by atomic mass is 19.1. The number of carbonyl (C=O) groups is 3. The van der Waals surface area contributed by atoms with Gasteiger partial charge in [-0.3, -0.25) is 9.59 Å². The van der Waals surface area contributed by atoms with Crippen LogP contribution in [0.1, 0.15) is 28.9 Å². The molecule has 2 aliphatic heterocycles. The van der Waals surface area contributed by atoms with Crippen LogP contribution in [0, 0.1) is 19.7 Å². The van der Waals surface area contributed by atoms with Gasteiger partial charge in [-0.1, -0.05) is 0 Å². The summed E-state index contributed by atoms with van der Waals surface area (Å²) in [5.74, 6) is -0.790. The maximum Gasteiger partial charge on any atom is 0.413 e. The van der Waals surface area contributed by atoms with E-state index in [2.05, 4.69) is 15.6 Å². The molecule has 2 aromatic rings. The summed E-state index contributed by atoms with van der Waals surface area (Å²) in [4.78, 5) is 41.6. The second-order valence-electron chi connectivity index (χ2n) is 7.74. The van der Waals surface area contributed by atoms with Gasteiger partial charge in [-0.05, 0) is 44.5 Å². The second-order valence-corrected chi connectivity index (χ2v) is 7.74. The zero-order chi connectivity index (χ0) is 23.0. The number of H-pyrrole nitrogens is 1. The number of nitrogens with zero attached hydrogens (tertiary/aromatic N) is 1. The van der Waals surface area contributed by atoms with Crippen molar-refractivity contribution in [3.63, 3.8) is 0 Å². The molecule has 3 amide bonds. The number of hydrogen-bond acceptors (Lipinski definition) is 5. The maximum absolute atomic E-state index is 13.7. The minimum atomic E-state index is -0.773. The van der Waals surface area contributed by atoms with E-state index in [1.807, 2.05) is 0 Å². The number of rotatable bonds is 5. The Morgan fingerprint density at radius 2 is 2.16 bits per heavy atom. The molecule has 1 aromatic carbocycles. The van der Waals surface area contributed by atoms with Gasteiger partial charge in [-0.2, -0.15) is 0 Å². The molecule has 2 aliphatic rings. The summed E-state index contributed by atoms with van der Waals surface area (Å²) < 4.78 is 19.1. The third-order valence-electron chi connectivity index (χ3n) is 5.61. The number of anilines is 1. The SMILES string of the molecule is Cc1[nH]c(/C=C2\C(=O)Nc3ccc(F)cc32)c(C)c1OC(=O)N[C@H]1CCN(CCO)C1=O. The quantitative estimate of drug-likeness (QED) is 0.527. The van der Waals surface area contributed by atoms with Gasteiger partial charge in [0.2, 0.25) is 5.91 Å². The number of benzene rings is 1. The smallest absolute Gasteiger partial charge is 0.408 e. The first-order valence-electron chi connectivity index (χ1n) is 10.2. The molecule has 10 heteroatoms. The molecule has 32 heavy (non-hydrogen) atoms. The van der Waals surface area contributed by atoms with E-state index in [9.17, 15) is 18.8 Å². The number of hydrogen-bond donors (Lipinski definition) is 4. The Hall–Kier alpha value is -3.66. The monoisotopic (exact) mass is 442 g/mol. The van der Waals surface area contributed by atoms with Gasteiger partial charge in [0.15, 0.2) is 5.75 Å². The number of ether oxygens (including phenoxy) is 1. The van der Waals surface area contributed by atoms with E-state index >= 15 is 0 Å². The maximum atomic E-state index is 13.7. The Morgan fingerprint density at radius 3 is 2.91 bits per heavy atom. The highest BCUT2D eigenvalue weighted by Gasteiger charge is 2.33. The summed E-state index contributed by atoms with van der Waals surface area (Å²) in [6, 6.07) is 3.35. The summed E-state index contributed by atoms with van der Waals surface area (Å²) >= 11 is 0. The van der Waals surface area contributed by atoms with Crippen LogP contribution in [-0.4, -0.2) is 58.6 Å². The van der Waals surface area contributed by atoms with E-state index in [0.717, 1.165) is 0 Å². The number of fused-ring (bicyclic) bond motifs is 1. The normalized spacial score (nSPS) is 18.8. The van der Waals surface area contributed by atoms with Crippen LogP contribution in [0.15, 0.2) is 18.2 Å². The average molecular weight is 442 g/mol. The van der Waals surface area contributed by atoms with E-state index in [4.69, 9.17) is 9.84 Å². The molecule has 4 rings (SSSR count). The third-order valence-corrected chi connectivity index (χ3v) is 5.61. The first-order valence-corrected chi connectivity index (χ1v) is 10.2. The standard InChI is InChI=1S/C22H23FN4O5/c1-11-18(10-15-14-9-13(23)3-4-16(14)25-20(15)29)24-12(2)19(11)32-22(31)26-17-5-6-27(7-8-28)21(17)30/h3-4,9-10,17,24,28H,5-8H2,1-2H3,(H,25,29)(H,26,31)/b15-10-/t17-/m0/s1. The van der Waals surface area contributed by atoms with Crippen molar-refractivity contribution in [2.24, 2.45) is 0 Å². The minimum absolute atomic E-state index is 0.141. The van der Waals surface area contributed by atoms with E-state index in [0.29, 0.717) is 46.7 Å². The fourth-order valence-corrected chi connectivity index (χ4v) is 3.98. The molecule has 1 saturated heterocycles. The van der Waals surface area contributed by atoms with Crippen LogP contribution in [0.5, 0.6) is 5.75 Å². The Labute approximate surface area is 183 Å². The molecule has 3 heterocycles. The number of nitrogens with one attached hydrogen (secondary N) is 3. The number of aliphatic hydroxyl groups excluding tert-OH is 1. The Bertz CT molecular complexity index is 1140. The van der Waals surface area contributed by atoms with Crippen molar-refractivity contribution < 1.29 is 28.6 Å². The van der Waals surface area contributed by atoms with Crippen molar-refractivity contribution in [2.75, 3.05) is 25.0 Å². The van der Waals surface area contributed by atoms with E-state index in [1.165, 1.54) is 23.1 Å². The third kappa shape index (κ3) is 3.96. The summed E-state index contributed by atoms with van der Waals surface area (Å²) in [6.07, 6.45) is 1.24. The summed E-state index contributed by atoms with van der Waals surface area (Å²) in [5, 5.41) is 14.2. The van der Waals surface area contributed by atoms with Crippen molar-refractivity contribution >= 4 is 35.2 Å². The molecular weight excluding hydrogens is 419 g/mol. The topological polar surface area (TPSA) is 124 Å². The van der Waals surface area contributed by atoms with Crippen molar-refractivity contribution in [3.05, 3.63) is 46.5 Å². The van der Waals surface area contributed by atoms with Gasteiger partial charge < -0.3 is 30.4 Å².